The van der Waals surface area contributed by atoms with Crippen molar-refractivity contribution in [1.29, 1.82) is 0 Å². The standard InChI is InChI=1S/C16H29N3O2/c1-2-6-13-7-5-11-19(12-8-13)15(20)16(14(17)18-21)9-3-4-10-16/h13,21H,2-12H2,1H3,(H2,17,18). The number of amidine groups is 1. The molecule has 5 nitrogen and oxygen atoms in total. The van der Waals surface area contributed by atoms with Gasteiger partial charge in [-0.25, -0.2) is 0 Å². The Morgan fingerprint density at radius 1 is 1.29 bits per heavy atom. The van der Waals surface area contributed by atoms with Crippen molar-refractivity contribution < 1.29 is 10.0 Å². The van der Waals surface area contributed by atoms with Gasteiger partial charge in [0, 0.05) is 13.1 Å². The Morgan fingerprint density at radius 2 is 2.00 bits per heavy atom. The molecule has 1 aliphatic heterocycles. The lowest BCUT2D eigenvalue weighted by molar-refractivity contribution is -0.138. The third-order valence-electron chi connectivity index (χ3n) is 5.30. The third kappa shape index (κ3) is 3.33. The maximum absolute atomic E-state index is 13.0. The highest BCUT2D eigenvalue weighted by atomic mass is 16.4. The number of rotatable bonds is 4. The molecule has 0 aromatic carbocycles. The zero-order valence-corrected chi connectivity index (χ0v) is 13.2. The second kappa shape index (κ2) is 7.14. The number of nitrogens with two attached hydrogens (primary N) is 1. The van der Waals surface area contributed by atoms with Crippen LogP contribution in [0.1, 0.15) is 64.7 Å². The lowest BCUT2D eigenvalue weighted by Crippen LogP contribution is -2.50. The summed E-state index contributed by atoms with van der Waals surface area (Å²) < 4.78 is 0. The molecule has 21 heavy (non-hydrogen) atoms. The number of likely N-dealkylation sites (tertiary alicyclic amines) is 1. The molecule has 0 aromatic rings. The summed E-state index contributed by atoms with van der Waals surface area (Å²) in [7, 11) is 0. The Balaban J connectivity index is 2.07. The molecule has 2 rings (SSSR count). The van der Waals surface area contributed by atoms with Crippen molar-refractivity contribution in [3.8, 4) is 0 Å². The SMILES string of the molecule is CCCC1CCCN(C(=O)C2(C(N)=NO)CCCC2)CC1. The minimum absolute atomic E-state index is 0.0902. The van der Waals surface area contributed by atoms with E-state index in [9.17, 15) is 4.79 Å². The second-order valence-corrected chi connectivity index (χ2v) is 6.65. The average molecular weight is 295 g/mol. The number of carbonyl (C=O) groups is 1. The molecule has 1 amide bonds. The van der Waals surface area contributed by atoms with E-state index in [0.717, 1.165) is 57.5 Å². The van der Waals surface area contributed by atoms with Crippen LogP contribution in [-0.2, 0) is 4.79 Å². The highest BCUT2D eigenvalue weighted by Gasteiger charge is 2.47. The first kappa shape index (κ1) is 16.1. The fourth-order valence-corrected chi connectivity index (χ4v) is 4.02. The van der Waals surface area contributed by atoms with Gasteiger partial charge >= 0.3 is 0 Å². The quantitative estimate of drug-likeness (QED) is 0.362. The maximum Gasteiger partial charge on any atom is 0.236 e. The van der Waals surface area contributed by atoms with Crippen molar-refractivity contribution in [3.63, 3.8) is 0 Å². The highest BCUT2D eigenvalue weighted by molar-refractivity contribution is 6.07. The van der Waals surface area contributed by atoms with Gasteiger partial charge in [0.15, 0.2) is 5.84 Å². The summed E-state index contributed by atoms with van der Waals surface area (Å²) in [5.41, 5.74) is 5.15. The predicted molar refractivity (Wildman–Crippen MR) is 83.1 cm³/mol. The summed E-state index contributed by atoms with van der Waals surface area (Å²) in [5.74, 6) is 0.947. The van der Waals surface area contributed by atoms with Gasteiger partial charge < -0.3 is 15.8 Å². The van der Waals surface area contributed by atoms with Gasteiger partial charge in [0.2, 0.25) is 5.91 Å². The van der Waals surface area contributed by atoms with Crippen LogP contribution in [0.2, 0.25) is 0 Å². The smallest absolute Gasteiger partial charge is 0.236 e. The van der Waals surface area contributed by atoms with E-state index in [4.69, 9.17) is 10.9 Å². The molecule has 1 aliphatic carbocycles. The number of nitrogens with zero attached hydrogens (tertiary/aromatic N) is 2. The number of oxime groups is 1. The summed E-state index contributed by atoms with van der Waals surface area (Å²) >= 11 is 0. The molecule has 1 heterocycles. The maximum atomic E-state index is 13.0. The van der Waals surface area contributed by atoms with Crippen LogP contribution in [0, 0.1) is 11.3 Å². The fourth-order valence-electron chi connectivity index (χ4n) is 4.02. The molecule has 0 bridgehead atoms. The van der Waals surface area contributed by atoms with E-state index in [2.05, 4.69) is 12.1 Å². The Kier molecular flexibility index (Phi) is 5.48. The molecular weight excluding hydrogens is 266 g/mol. The topological polar surface area (TPSA) is 78.9 Å². The second-order valence-electron chi connectivity index (χ2n) is 6.65. The molecule has 3 N–H and O–H groups in total. The van der Waals surface area contributed by atoms with Gasteiger partial charge in [0.05, 0.1) is 0 Å². The van der Waals surface area contributed by atoms with Gasteiger partial charge in [-0.2, -0.15) is 0 Å². The summed E-state index contributed by atoms with van der Waals surface area (Å²) in [5, 5.41) is 12.2. The van der Waals surface area contributed by atoms with E-state index in [1.165, 1.54) is 19.3 Å². The zero-order valence-electron chi connectivity index (χ0n) is 13.2. The van der Waals surface area contributed by atoms with Crippen LogP contribution in [0.25, 0.3) is 0 Å². The minimum Gasteiger partial charge on any atom is -0.409 e. The number of hydrogen-bond acceptors (Lipinski definition) is 3. The summed E-state index contributed by atoms with van der Waals surface area (Å²) in [4.78, 5) is 15.0. The Hall–Kier alpha value is -1.26. The minimum atomic E-state index is -0.737. The van der Waals surface area contributed by atoms with Crippen molar-refractivity contribution in [2.24, 2.45) is 22.2 Å². The van der Waals surface area contributed by atoms with Crippen molar-refractivity contribution in [3.05, 3.63) is 0 Å². The molecule has 0 spiro atoms. The molecule has 1 atom stereocenters. The van der Waals surface area contributed by atoms with Crippen LogP contribution in [0.4, 0.5) is 0 Å². The van der Waals surface area contributed by atoms with Gasteiger partial charge in [-0.3, -0.25) is 4.79 Å². The van der Waals surface area contributed by atoms with Crippen LogP contribution >= 0.6 is 0 Å². The summed E-state index contributed by atoms with van der Waals surface area (Å²) in [6.45, 7) is 3.86. The predicted octanol–water partition coefficient (Wildman–Crippen LogP) is 2.72. The summed E-state index contributed by atoms with van der Waals surface area (Å²) in [6, 6.07) is 0. The molecule has 1 saturated heterocycles. The van der Waals surface area contributed by atoms with E-state index in [1.54, 1.807) is 0 Å². The highest BCUT2D eigenvalue weighted by Crippen LogP contribution is 2.40. The molecule has 1 saturated carbocycles. The first-order valence-electron chi connectivity index (χ1n) is 8.41. The van der Waals surface area contributed by atoms with Crippen LogP contribution in [0.15, 0.2) is 5.16 Å². The average Bonchev–Trinajstić information content (AvgIpc) is 2.88. The molecule has 1 unspecified atom stereocenters. The monoisotopic (exact) mass is 295 g/mol. The van der Waals surface area contributed by atoms with Gasteiger partial charge in [-0.1, -0.05) is 37.8 Å². The zero-order chi connectivity index (χ0) is 15.3. The Morgan fingerprint density at radius 3 is 2.62 bits per heavy atom. The van der Waals surface area contributed by atoms with E-state index in [0.29, 0.717) is 0 Å². The van der Waals surface area contributed by atoms with Gasteiger partial charge in [0.1, 0.15) is 5.41 Å². The van der Waals surface area contributed by atoms with Gasteiger partial charge in [-0.05, 0) is 38.0 Å². The van der Waals surface area contributed by atoms with Crippen molar-refractivity contribution in [1.82, 2.24) is 4.90 Å². The Labute approximate surface area is 127 Å². The fraction of sp³-hybridized carbons (Fsp3) is 0.875. The number of carbonyl (C=O) groups excluding carboxylic acids is 1. The molecule has 5 heteroatoms. The molecule has 2 aliphatic rings. The molecule has 2 fully saturated rings. The summed E-state index contributed by atoms with van der Waals surface area (Å²) in [6.07, 6.45) is 9.25. The number of amides is 1. The molecule has 0 radical (unpaired) electrons. The van der Waals surface area contributed by atoms with E-state index >= 15 is 0 Å². The van der Waals surface area contributed by atoms with Crippen LogP contribution < -0.4 is 5.73 Å². The van der Waals surface area contributed by atoms with Gasteiger partial charge in [0.25, 0.3) is 0 Å². The number of hydrogen-bond donors (Lipinski definition) is 2. The van der Waals surface area contributed by atoms with E-state index in [1.807, 2.05) is 4.90 Å². The Bertz CT molecular complexity index is 389. The van der Waals surface area contributed by atoms with Crippen molar-refractivity contribution in [2.45, 2.75) is 64.7 Å². The van der Waals surface area contributed by atoms with Crippen LogP contribution in [0.5, 0.6) is 0 Å². The molecular formula is C16H29N3O2. The first-order valence-corrected chi connectivity index (χ1v) is 8.41. The lowest BCUT2D eigenvalue weighted by atomic mass is 9.83. The van der Waals surface area contributed by atoms with Crippen LogP contribution in [0.3, 0.4) is 0 Å². The third-order valence-corrected chi connectivity index (χ3v) is 5.30. The molecule has 0 aromatic heterocycles. The normalized spacial score (nSPS) is 26.6. The van der Waals surface area contributed by atoms with Gasteiger partial charge in [-0.15, -0.1) is 0 Å². The van der Waals surface area contributed by atoms with E-state index < -0.39 is 5.41 Å². The molecule has 120 valence electrons. The van der Waals surface area contributed by atoms with Crippen molar-refractivity contribution >= 4 is 11.7 Å². The van der Waals surface area contributed by atoms with E-state index in [-0.39, 0.29) is 11.7 Å². The largest absolute Gasteiger partial charge is 0.409 e. The van der Waals surface area contributed by atoms with Crippen LogP contribution in [-0.4, -0.2) is 34.9 Å². The lowest BCUT2D eigenvalue weighted by Gasteiger charge is -2.33. The first-order chi connectivity index (χ1) is 10.1. The van der Waals surface area contributed by atoms with Crippen molar-refractivity contribution in [2.75, 3.05) is 13.1 Å².